The van der Waals surface area contributed by atoms with Crippen LogP contribution in [0.4, 0.5) is 5.82 Å². The van der Waals surface area contributed by atoms with E-state index in [2.05, 4.69) is 26.2 Å². The van der Waals surface area contributed by atoms with Gasteiger partial charge in [-0.2, -0.15) is 0 Å². The first-order chi connectivity index (χ1) is 16.4. The van der Waals surface area contributed by atoms with Crippen molar-refractivity contribution in [1.82, 2.24) is 24.8 Å². The first kappa shape index (κ1) is 27.0. The summed E-state index contributed by atoms with van der Waals surface area (Å²) in [5.74, 6) is 1.57. The largest absolute Gasteiger partial charge is 0.464 e. The fraction of sp³-hybridized carbons (Fsp3) is 0.636. The Kier molecular flexibility index (Phi) is 8.19. The lowest BCUT2D eigenvalue weighted by molar-refractivity contribution is -0.148. The van der Waals surface area contributed by atoms with E-state index in [1.165, 1.54) is 12.7 Å². The molecular formula is C22H33N6O6P. The number of aliphatic hydroxyl groups is 1. The van der Waals surface area contributed by atoms with E-state index in [0.29, 0.717) is 11.2 Å². The first-order valence-electron chi connectivity index (χ1n) is 11.2. The van der Waals surface area contributed by atoms with E-state index in [1.807, 2.05) is 20.8 Å². The van der Waals surface area contributed by atoms with Gasteiger partial charge >= 0.3 is 5.97 Å². The van der Waals surface area contributed by atoms with Crippen molar-refractivity contribution >= 4 is 31.0 Å². The number of ether oxygens (including phenoxy) is 2. The number of aliphatic hydroxyl groups excluding tert-OH is 1. The van der Waals surface area contributed by atoms with Crippen molar-refractivity contribution in [2.24, 2.45) is 5.41 Å². The molecule has 0 radical (unpaired) electrons. The van der Waals surface area contributed by atoms with Gasteiger partial charge in [0.2, 0.25) is 8.03 Å². The van der Waals surface area contributed by atoms with Gasteiger partial charge in [-0.25, -0.2) is 15.0 Å². The van der Waals surface area contributed by atoms with Crippen LogP contribution in [0.25, 0.3) is 11.2 Å². The Balaban J connectivity index is 1.60. The summed E-state index contributed by atoms with van der Waals surface area (Å²) in [6.45, 7) is 9.08. The van der Waals surface area contributed by atoms with Crippen LogP contribution in [0.1, 0.15) is 47.3 Å². The maximum atomic E-state index is 12.8. The van der Waals surface area contributed by atoms with Crippen molar-refractivity contribution in [1.29, 1.82) is 0 Å². The van der Waals surface area contributed by atoms with Crippen molar-refractivity contribution in [2.75, 3.05) is 18.9 Å². The number of nitrogen functional groups attached to an aromatic ring is 1. The molecule has 0 aliphatic carbocycles. The smallest absolute Gasteiger partial charge is 0.322 e. The SMILES string of the molecule is C#C[C@]1(CO[PH](=O)C(C)N[C@@H](C)C(=O)OCC(C)(C)C)O[C@@H](n2cnc3c(N)ncnc32)C[C@@H]1O. The van der Waals surface area contributed by atoms with Crippen LogP contribution in [0.2, 0.25) is 0 Å². The number of terminal acetylenes is 1. The lowest BCUT2D eigenvalue weighted by atomic mass is 9.99. The molecular weight excluding hydrogens is 475 g/mol. The molecule has 4 N–H and O–H groups in total. The Labute approximate surface area is 204 Å². The molecule has 0 saturated carbocycles. The van der Waals surface area contributed by atoms with Crippen molar-refractivity contribution in [3.8, 4) is 12.3 Å². The van der Waals surface area contributed by atoms with Crippen LogP contribution in [-0.4, -0.2) is 67.3 Å². The van der Waals surface area contributed by atoms with Gasteiger partial charge in [0.05, 0.1) is 25.3 Å². The number of nitrogens with two attached hydrogens (primary N) is 1. The Morgan fingerprint density at radius 3 is 2.83 bits per heavy atom. The zero-order valence-electron chi connectivity index (χ0n) is 20.5. The molecule has 2 aromatic rings. The summed E-state index contributed by atoms with van der Waals surface area (Å²) in [5, 5.41) is 13.7. The third-order valence-electron chi connectivity index (χ3n) is 5.53. The standard InChI is InChI=1S/C22H33N6O6P/c1-7-22(10-33-35(31)14(3)27-13(2)20(30)32-9-21(4,5)6)15(29)8-16(34-22)28-12-26-17-18(23)24-11-25-19(17)28/h1,11-16,27,29,35H,8-10H2,2-6H3,(H2,23,24,25)/t13-,14?,15-,16+,22+/m0/s1. The van der Waals surface area contributed by atoms with Gasteiger partial charge in [-0.05, 0) is 19.3 Å². The molecule has 35 heavy (non-hydrogen) atoms. The Morgan fingerprint density at radius 2 is 2.17 bits per heavy atom. The zero-order chi connectivity index (χ0) is 26.0. The lowest BCUT2D eigenvalue weighted by Gasteiger charge is -2.27. The minimum Gasteiger partial charge on any atom is -0.464 e. The maximum Gasteiger partial charge on any atom is 0.322 e. The average Bonchev–Trinajstić information content (AvgIpc) is 3.37. The van der Waals surface area contributed by atoms with Crippen LogP contribution >= 0.6 is 8.03 Å². The number of hydrogen-bond acceptors (Lipinski definition) is 11. The van der Waals surface area contributed by atoms with Gasteiger partial charge in [-0.1, -0.05) is 26.7 Å². The van der Waals surface area contributed by atoms with Crippen LogP contribution < -0.4 is 11.1 Å². The van der Waals surface area contributed by atoms with E-state index < -0.39 is 43.8 Å². The zero-order valence-corrected chi connectivity index (χ0v) is 21.5. The predicted molar refractivity (Wildman–Crippen MR) is 129 cm³/mol. The molecule has 0 aromatic carbocycles. The number of aromatic nitrogens is 4. The molecule has 1 saturated heterocycles. The Morgan fingerprint density at radius 1 is 1.46 bits per heavy atom. The second-order valence-corrected chi connectivity index (χ2v) is 11.6. The van der Waals surface area contributed by atoms with Gasteiger partial charge in [0, 0.05) is 6.42 Å². The van der Waals surface area contributed by atoms with Crippen LogP contribution in [0, 0.1) is 17.8 Å². The molecule has 1 aliphatic heterocycles. The number of esters is 1. The van der Waals surface area contributed by atoms with Gasteiger partial charge in [0.25, 0.3) is 0 Å². The van der Waals surface area contributed by atoms with Crippen molar-refractivity contribution in [3.63, 3.8) is 0 Å². The summed E-state index contributed by atoms with van der Waals surface area (Å²) in [6.07, 6.45) is 6.84. The molecule has 3 heterocycles. The predicted octanol–water partition coefficient (Wildman–Crippen LogP) is 1.46. The average molecular weight is 509 g/mol. The third kappa shape index (κ3) is 6.18. The number of nitrogens with zero attached hydrogens (tertiary/aromatic N) is 4. The highest BCUT2D eigenvalue weighted by Crippen LogP contribution is 2.40. The normalized spacial score (nSPS) is 25.2. The van der Waals surface area contributed by atoms with Gasteiger partial charge in [0.15, 0.2) is 17.1 Å². The minimum absolute atomic E-state index is 0.133. The van der Waals surface area contributed by atoms with Crippen LogP contribution in [0.3, 0.4) is 0 Å². The molecule has 0 amide bonds. The van der Waals surface area contributed by atoms with Crippen molar-refractivity contribution < 1.29 is 28.5 Å². The van der Waals surface area contributed by atoms with Crippen LogP contribution in [0.5, 0.6) is 0 Å². The van der Waals surface area contributed by atoms with Gasteiger partial charge in [-0.3, -0.25) is 19.2 Å². The molecule has 12 nitrogen and oxygen atoms in total. The molecule has 6 atom stereocenters. The van der Waals surface area contributed by atoms with Gasteiger partial charge < -0.3 is 24.8 Å². The molecule has 192 valence electrons. The molecule has 2 aromatic heterocycles. The first-order valence-corrected chi connectivity index (χ1v) is 12.6. The van der Waals surface area contributed by atoms with E-state index in [1.54, 1.807) is 18.4 Å². The number of carbonyl (C=O) groups excluding carboxylic acids is 1. The molecule has 3 rings (SSSR count). The summed E-state index contributed by atoms with van der Waals surface area (Å²) in [4.78, 5) is 24.5. The topological polar surface area (TPSA) is 164 Å². The van der Waals surface area contributed by atoms with Crippen molar-refractivity contribution in [2.45, 2.75) is 70.8 Å². The summed E-state index contributed by atoms with van der Waals surface area (Å²) < 4.78 is 31.2. The molecule has 1 fully saturated rings. The van der Waals surface area contributed by atoms with Gasteiger partial charge in [0.1, 0.15) is 30.2 Å². The minimum atomic E-state index is -2.72. The Bertz CT molecular complexity index is 1130. The van der Waals surface area contributed by atoms with Crippen LogP contribution in [0.15, 0.2) is 12.7 Å². The van der Waals surface area contributed by atoms with Gasteiger partial charge in [-0.15, -0.1) is 6.42 Å². The fourth-order valence-corrected chi connectivity index (χ4v) is 4.52. The van der Waals surface area contributed by atoms with E-state index >= 15 is 0 Å². The number of anilines is 1. The van der Waals surface area contributed by atoms with E-state index in [0.717, 1.165) is 0 Å². The van der Waals surface area contributed by atoms with E-state index in [-0.39, 0.29) is 30.9 Å². The third-order valence-corrected chi connectivity index (χ3v) is 6.84. The molecule has 1 aliphatic rings. The van der Waals surface area contributed by atoms with Crippen LogP contribution in [-0.2, 0) is 23.4 Å². The fourth-order valence-electron chi connectivity index (χ4n) is 3.53. The lowest BCUT2D eigenvalue weighted by Crippen LogP contribution is -2.43. The second kappa shape index (κ2) is 10.6. The number of fused-ring (bicyclic) bond motifs is 1. The number of nitrogens with one attached hydrogen (secondary N) is 1. The molecule has 13 heteroatoms. The molecule has 0 bridgehead atoms. The number of carbonyl (C=O) groups is 1. The summed E-state index contributed by atoms with van der Waals surface area (Å²) >= 11 is 0. The second-order valence-electron chi connectivity index (χ2n) is 9.83. The number of hydrogen-bond donors (Lipinski definition) is 3. The maximum absolute atomic E-state index is 12.8. The quantitative estimate of drug-likeness (QED) is 0.255. The summed E-state index contributed by atoms with van der Waals surface area (Å²) in [5.41, 5.74) is 4.98. The molecule has 0 spiro atoms. The summed E-state index contributed by atoms with van der Waals surface area (Å²) in [6, 6.07) is -0.687. The van der Waals surface area contributed by atoms with Crippen molar-refractivity contribution in [3.05, 3.63) is 12.7 Å². The summed E-state index contributed by atoms with van der Waals surface area (Å²) in [7, 11) is -2.72. The number of imidazole rings is 1. The number of rotatable bonds is 9. The highest BCUT2D eigenvalue weighted by atomic mass is 31.1. The monoisotopic (exact) mass is 508 g/mol. The van der Waals surface area contributed by atoms with E-state index in [4.69, 9.17) is 26.2 Å². The van der Waals surface area contributed by atoms with E-state index in [9.17, 15) is 14.5 Å². The highest BCUT2D eigenvalue weighted by Gasteiger charge is 2.49. The Hall–Kier alpha value is -2.55. The highest BCUT2D eigenvalue weighted by molar-refractivity contribution is 7.39. The molecule has 2 unspecified atom stereocenters.